The van der Waals surface area contributed by atoms with Crippen molar-refractivity contribution in [3.63, 3.8) is 0 Å². The van der Waals surface area contributed by atoms with Crippen LogP contribution in [0.2, 0.25) is 0 Å². The summed E-state index contributed by atoms with van der Waals surface area (Å²) >= 11 is 1.56. The molecule has 10 nitrogen and oxygen atoms in total. The predicted molar refractivity (Wildman–Crippen MR) is 115 cm³/mol. The van der Waals surface area contributed by atoms with E-state index in [1.165, 1.54) is 35.1 Å². The van der Waals surface area contributed by atoms with Gasteiger partial charge in [-0.25, -0.2) is 9.36 Å². The highest BCUT2D eigenvalue weighted by atomic mass is 32.1. The molecule has 0 spiro atoms. The number of hydrogen-bond donors (Lipinski definition) is 1. The Morgan fingerprint density at radius 3 is 2.77 bits per heavy atom. The average Bonchev–Trinajstić information content (AvgIpc) is 3.41. The van der Waals surface area contributed by atoms with Gasteiger partial charge >= 0.3 is 0 Å². The molecule has 0 aliphatic rings. The van der Waals surface area contributed by atoms with Crippen LogP contribution >= 0.6 is 11.3 Å². The van der Waals surface area contributed by atoms with Crippen LogP contribution in [-0.2, 0) is 6.54 Å². The number of benzene rings is 1. The molecule has 4 rings (SSSR count). The maximum Gasteiger partial charge on any atom is 0.294 e. The standard InChI is InChI=1S/C20H16N6O4S/c1-13-11-17(27)19(23-25(13)15-6-2-3-7-16(15)26(29)30)20(28)22-18-8-9-21-24(18)12-14-5-4-10-31-14/h2-11H,12H2,1H3,(H,22,28). The van der Waals surface area contributed by atoms with Crippen molar-refractivity contribution in [1.29, 1.82) is 0 Å². The number of anilines is 1. The molecule has 0 aliphatic carbocycles. The summed E-state index contributed by atoms with van der Waals surface area (Å²) in [5.41, 5.74) is -0.649. The fourth-order valence-corrected chi connectivity index (χ4v) is 3.72. The second-order valence-corrected chi connectivity index (χ2v) is 7.60. The van der Waals surface area contributed by atoms with Crippen molar-refractivity contribution in [1.82, 2.24) is 19.6 Å². The van der Waals surface area contributed by atoms with Gasteiger partial charge in [-0.15, -0.1) is 11.3 Å². The number of rotatable bonds is 6. The smallest absolute Gasteiger partial charge is 0.294 e. The first-order chi connectivity index (χ1) is 14.9. The zero-order valence-corrected chi connectivity index (χ0v) is 17.1. The average molecular weight is 436 g/mol. The SMILES string of the molecule is Cc1cc(=O)c(C(=O)Nc2ccnn2Cc2cccs2)nn1-c1ccccc1[N+](=O)[O-]. The van der Waals surface area contributed by atoms with Gasteiger partial charge in [-0.3, -0.25) is 19.7 Å². The maximum absolute atomic E-state index is 12.8. The molecule has 0 aliphatic heterocycles. The molecule has 0 atom stereocenters. The molecule has 1 amide bonds. The fourth-order valence-electron chi connectivity index (χ4n) is 3.04. The Balaban J connectivity index is 1.68. The van der Waals surface area contributed by atoms with E-state index in [9.17, 15) is 19.7 Å². The molecule has 156 valence electrons. The van der Waals surface area contributed by atoms with Gasteiger partial charge in [-0.2, -0.15) is 10.2 Å². The van der Waals surface area contributed by atoms with Crippen LogP contribution in [0.4, 0.5) is 11.5 Å². The first-order valence-corrected chi connectivity index (χ1v) is 10.0. The van der Waals surface area contributed by atoms with E-state index in [1.807, 2.05) is 17.5 Å². The molecular formula is C20H16N6O4S. The zero-order valence-electron chi connectivity index (χ0n) is 16.3. The van der Waals surface area contributed by atoms with E-state index in [0.29, 0.717) is 18.1 Å². The lowest BCUT2D eigenvalue weighted by molar-refractivity contribution is -0.384. The van der Waals surface area contributed by atoms with Gasteiger partial charge in [0.2, 0.25) is 5.43 Å². The third kappa shape index (κ3) is 4.12. The first kappa shape index (κ1) is 20.2. The summed E-state index contributed by atoms with van der Waals surface area (Å²) in [5, 5.41) is 24.3. The molecule has 3 aromatic heterocycles. The normalized spacial score (nSPS) is 10.7. The van der Waals surface area contributed by atoms with E-state index in [2.05, 4.69) is 15.5 Å². The van der Waals surface area contributed by atoms with Crippen molar-refractivity contribution < 1.29 is 9.72 Å². The van der Waals surface area contributed by atoms with Crippen LogP contribution in [-0.4, -0.2) is 30.4 Å². The third-order valence-corrected chi connectivity index (χ3v) is 5.33. The number of aromatic nitrogens is 4. The highest BCUT2D eigenvalue weighted by molar-refractivity contribution is 7.09. The van der Waals surface area contributed by atoms with Crippen molar-refractivity contribution >= 4 is 28.7 Å². The third-order valence-electron chi connectivity index (χ3n) is 4.47. The van der Waals surface area contributed by atoms with Crippen LogP contribution in [0.5, 0.6) is 0 Å². The number of hydrogen-bond acceptors (Lipinski definition) is 7. The Bertz CT molecular complexity index is 1330. The molecule has 1 N–H and O–H groups in total. The van der Waals surface area contributed by atoms with E-state index in [1.54, 1.807) is 35.1 Å². The number of para-hydroxylation sites is 2. The fraction of sp³-hybridized carbons (Fsp3) is 0.100. The van der Waals surface area contributed by atoms with Gasteiger partial charge in [-0.1, -0.05) is 18.2 Å². The molecule has 11 heteroatoms. The summed E-state index contributed by atoms with van der Waals surface area (Å²) < 4.78 is 2.82. The Kier molecular flexibility index (Phi) is 5.41. The van der Waals surface area contributed by atoms with Crippen molar-refractivity contribution in [2.75, 3.05) is 5.32 Å². The summed E-state index contributed by atoms with van der Waals surface area (Å²) in [7, 11) is 0. The van der Waals surface area contributed by atoms with Crippen molar-refractivity contribution in [3.05, 3.63) is 96.7 Å². The van der Waals surface area contributed by atoms with E-state index >= 15 is 0 Å². The molecule has 0 unspecified atom stereocenters. The number of nitro groups is 1. The predicted octanol–water partition coefficient (Wildman–Crippen LogP) is 3.01. The number of carbonyl (C=O) groups is 1. The second kappa shape index (κ2) is 8.32. The lowest BCUT2D eigenvalue weighted by Gasteiger charge is -2.12. The second-order valence-electron chi connectivity index (χ2n) is 6.56. The molecule has 0 bridgehead atoms. The van der Waals surface area contributed by atoms with Gasteiger partial charge in [0, 0.05) is 28.8 Å². The lowest BCUT2D eigenvalue weighted by atomic mass is 10.2. The van der Waals surface area contributed by atoms with E-state index in [-0.39, 0.29) is 17.1 Å². The minimum atomic E-state index is -0.731. The van der Waals surface area contributed by atoms with Crippen LogP contribution in [0, 0.1) is 17.0 Å². The van der Waals surface area contributed by atoms with Crippen LogP contribution in [0.3, 0.4) is 0 Å². The van der Waals surface area contributed by atoms with Gasteiger partial charge < -0.3 is 5.32 Å². The summed E-state index contributed by atoms with van der Waals surface area (Å²) in [5.74, 6) is -0.331. The number of nitro benzene ring substituents is 1. The Hall–Kier alpha value is -4.12. The Morgan fingerprint density at radius 2 is 2.03 bits per heavy atom. The van der Waals surface area contributed by atoms with Gasteiger partial charge in [0.1, 0.15) is 11.5 Å². The topological polar surface area (TPSA) is 125 Å². The van der Waals surface area contributed by atoms with E-state index in [4.69, 9.17) is 0 Å². The molecule has 0 saturated heterocycles. The number of nitrogens with zero attached hydrogens (tertiary/aromatic N) is 5. The number of nitrogens with one attached hydrogen (secondary N) is 1. The molecule has 0 fully saturated rings. The van der Waals surface area contributed by atoms with Crippen LogP contribution in [0.15, 0.2) is 64.9 Å². The van der Waals surface area contributed by atoms with Crippen LogP contribution < -0.4 is 10.7 Å². The highest BCUT2D eigenvalue weighted by Crippen LogP contribution is 2.22. The summed E-state index contributed by atoms with van der Waals surface area (Å²) in [4.78, 5) is 37.2. The minimum Gasteiger partial charge on any atom is -0.305 e. The molecule has 0 saturated carbocycles. The number of thiophene rings is 1. The Morgan fingerprint density at radius 1 is 1.23 bits per heavy atom. The van der Waals surface area contributed by atoms with Crippen molar-refractivity contribution in [3.8, 4) is 5.69 Å². The number of aryl methyl sites for hydroxylation is 1. The summed E-state index contributed by atoms with van der Waals surface area (Å²) in [6.45, 7) is 2.05. The van der Waals surface area contributed by atoms with Crippen molar-refractivity contribution in [2.24, 2.45) is 0 Å². The summed E-state index contributed by atoms with van der Waals surface area (Å²) in [6, 6.07) is 12.7. The van der Waals surface area contributed by atoms with Crippen LogP contribution in [0.1, 0.15) is 21.1 Å². The van der Waals surface area contributed by atoms with Crippen LogP contribution in [0.25, 0.3) is 5.69 Å². The Labute approximate surface area is 179 Å². The van der Waals surface area contributed by atoms with Crippen molar-refractivity contribution in [2.45, 2.75) is 13.5 Å². The molecule has 3 heterocycles. The maximum atomic E-state index is 12.8. The van der Waals surface area contributed by atoms with E-state index < -0.39 is 16.3 Å². The lowest BCUT2D eigenvalue weighted by Crippen LogP contribution is -2.28. The highest BCUT2D eigenvalue weighted by Gasteiger charge is 2.21. The minimum absolute atomic E-state index is 0.154. The van der Waals surface area contributed by atoms with Gasteiger partial charge in [0.05, 0.1) is 17.7 Å². The summed E-state index contributed by atoms with van der Waals surface area (Å²) in [6.07, 6.45) is 1.54. The monoisotopic (exact) mass is 436 g/mol. The van der Waals surface area contributed by atoms with E-state index in [0.717, 1.165) is 4.88 Å². The van der Waals surface area contributed by atoms with Gasteiger partial charge in [-0.05, 0) is 24.4 Å². The molecule has 1 aromatic carbocycles. The first-order valence-electron chi connectivity index (χ1n) is 9.14. The van der Waals surface area contributed by atoms with Gasteiger partial charge in [0.15, 0.2) is 5.69 Å². The molecule has 4 aromatic rings. The number of carbonyl (C=O) groups excluding carboxylic acids is 1. The molecular weight excluding hydrogens is 420 g/mol. The zero-order chi connectivity index (χ0) is 22.0. The molecule has 0 radical (unpaired) electrons. The number of amides is 1. The largest absolute Gasteiger partial charge is 0.305 e. The molecule has 31 heavy (non-hydrogen) atoms. The quantitative estimate of drug-likeness (QED) is 0.366. The van der Waals surface area contributed by atoms with Gasteiger partial charge in [0.25, 0.3) is 11.6 Å².